The average Bonchev–Trinajstić information content (AvgIpc) is 3.24. The van der Waals surface area contributed by atoms with Gasteiger partial charge in [0, 0.05) is 21.7 Å². The average molecular weight is 477 g/mol. The minimum Gasteiger partial charge on any atom is -0.489 e. The summed E-state index contributed by atoms with van der Waals surface area (Å²) in [7, 11) is 0. The molecule has 2 heterocycles. The zero-order valence-electron chi connectivity index (χ0n) is 16.3. The van der Waals surface area contributed by atoms with Crippen LogP contribution in [0.3, 0.4) is 0 Å². The van der Waals surface area contributed by atoms with Crippen LogP contribution in [0.2, 0.25) is 0 Å². The van der Waals surface area contributed by atoms with E-state index in [2.05, 4.69) is 22.0 Å². The van der Waals surface area contributed by atoms with E-state index in [1.807, 2.05) is 54.6 Å². The Bertz CT molecular complexity index is 1230. The Kier molecular flexibility index (Phi) is 4.92. The highest BCUT2D eigenvalue weighted by Gasteiger charge is 2.34. The molecule has 1 atom stereocenters. The monoisotopic (exact) mass is 476 g/mol. The van der Waals surface area contributed by atoms with Crippen molar-refractivity contribution < 1.29 is 18.9 Å². The second kappa shape index (κ2) is 7.89. The zero-order valence-corrected chi connectivity index (χ0v) is 17.9. The summed E-state index contributed by atoms with van der Waals surface area (Å²) < 4.78 is 23.9. The van der Waals surface area contributed by atoms with E-state index in [4.69, 9.17) is 24.7 Å². The Labute approximate surface area is 187 Å². The van der Waals surface area contributed by atoms with Crippen LogP contribution in [0.5, 0.6) is 23.0 Å². The molecule has 6 nitrogen and oxygen atoms in total. The Morgan fingerprint density at radius 2 is 1.74 bits per heavy atom. The lowest BCUT2D eigenvalue weighted by molar-refractivity contribution is 0.174. The molecule has 2 aliphatic rings. The molecular formula is C24H17BrN2O4. The number of hydrogen-bond donors (Lipinski definition) is 1. The molecule has 5 rings (SSSR count). The summed E-state index contributed by atoms with van der Waals surface area (Å²) in [6, 6.07) is 21.4. The standard InChI is InChI=1S/C24H17BrN2O4/c25-15-7-5-14(6-8-15)12-28-19-4-2-1-3-16(19)23-17-9-21-22(30-13-29-21)10-20(17)31-24(27)18(23)11-26/h1-10,23H,12-13,27H2/t23-/m0/s1. The minimum atomic E-state index is -0.454. The molecule has 154 valence electrons. The quantitative estimate of drug-likeness (QED) is 0.571. The number of nitrogens with two attached hydrogens (primary N) is 1. The topological polar surface area (TPSA) is 86.7 Å². The summed E-state index contributed by atoms with van der Waals surface area (Å²) in [5.41, 5.74) is 9.08. The maximum absolute atomic E-state index is 9.87. The molecule has 0 saturated heterocycles. The third-order valence-corrected chi connectivity index (χ3v) is 5.78. The zero-order chi connectivity index (χ0) is 21.4. The second-order valence-corrected chi connectivity index (χ2v) is 8.04. The number of hydrogen-bond acceptors (Lipinski definition) is 6. The third kappa shape index (κ3) is 3.56. The van der Waals surface area contributed by atoms with Crippen molar-refractivity contribution in [3.63, 3.8) is 0 Å². The Morgan fingerprint density at radius 1 is 1.00 bits per heavy atom. The molecular weight excluding hydrogens is 460 g/mol. The van der Waals surface area contributed by atoms with Gasteiger partial charge in [0.05, 0.1) is 5.92 Å². The number of rotatable bonds is 4. The molecule has 0 saturated carbocycles. The van der Waals surface area contributed by atoms with Crippen LogP contribution < -0.4 is 24.7 Å². The molecule has 0 bridgehead atoms. The van der Waals surface area contributed by atoms with Crippen LogP contribution in [0, 0.1) is 11.3 Å². The van der Waals surface area contributed by atoms with E-state index >= 15 is 0 Å². The number of para-hydroxylation sites is 1. The Hall–Kier alpha value is -3.63. The first-order valence-corrected chi connectivity index (χ1v) is 10.4. The molecule has 0 fully saturated rings. The maximum atomic E-state index is 9.87. The third-order valence-electron chi connectivity index (χ3n) is 5.25. The largest absolute Gasteiger partial charge is 0.489 e. The first-order chi connectivity index (χ1) is 15.1. The SMILES string of the molecule is N#CC1=C(N)Oc2cc3c(cc2[C@@H]1c1ccccc1OCc1ccc(Br)cc1)OCO3. The molecule has 0 spiro atoms. The number of ether oxygens (including phenoxy) is 4. The predicted molar refractivity (Wildman–Crippen MR) is 117 cm³/mol. The highest BCUT2D eigenvalue weighted by atomic mass is 79.9. The fourth-order valence-electron chi connectivity index (χ4n) is 3.76. The van der Waals surface area contributed by atoms with E-state index in [-0.39, 0.29) is 12.7 Å². The first kappa shape index (κ1) is 19.3. The van der Waals surface area contributed by atoms with Crippen molar-refractivity contribution >= 4 is 15.9 Å². The van der Waals surface area contributed by atoms with E-state index in [1.165, 1.54) is 0 Å². The van der Waals surface area contributed by atoms with Gasteiger partial charge in [0.15, 0.2) is 11.5 Å². The van der Waals surface area contributed by atoms with Crippen LogP contribution in [0.4, 0.5) is 0 Å². The van der Waals surface area contributed by atoms with Gasteiger partial charge in [-0.15, -0.1) is 0 Å². The van der Waals surface area contributed by atoms with Gasteiger partial charge in [-0.25, -0.2) is 0 Å². The number of halogens is 1. The Balaban J connectivity index is 1.56. The summed E-state index contributed by atoms with van der Waals surface area (Å²) in [5.74, 6) is 2.02. The van der Waals surface area contributed by atoms with Gasteiger partial charge in [0.2, 0.25) is 12.7 Å². The van der Waals surface area contributed by atoms with Crippen LogP contribution in [-0.2, 0) is 6.61 Å². The summed E-state index contributed by atoms with van der Waals surface area (Å²) in [6.45, 7) is 0.534. The lowest BCUT2D eigenvalue weighted by atomic mass is 9.83. The second-order valence-electron chi connectivity index (χ2n) is 7.12. The summed E-state index contributed by atoms with van der Waals surface area (Å²) in [6.07, 6.45) is 0. The van der Waals surface area contributed by atoms with Crippen LogP contribution >= 0.6 is 15.9 Å². The van der Waals surface area contributed by atoms with E-state index in [0.717, 1.165) is 21.2 Å². The predicted octanol–water partition coefficient (Wildman–Crippen LogP) is 4.97. The van der Waals surface area contributed by atoms with Crippen LogP contribution in [-0.4, -0.2) is 6.79 Å². The van der Waals surface area contributed by atoms with Gasteiger partial charge in [-0.05, 0) is 29.8 Å². The molecule has 0 radical (unpaired) electrons. The van der Waals surface area contributed by atoms with Gasteiger partial charge in [0.25, 0.3) is 0 Å². The van der Waals surface area contributed by atoms with E-state index in [0.29, 0.717) is 35.2 Å². The molecule has 0 unspecified atom stereocenters. The van der Waals surface area contributed by atoms with Crippen LogP contribution in [0.15, 0.2) is 76.6 Å². The van der Waals surface area contributed by atoms with Crippen LogP contribution in [0.1, 0.15) is 22.6 Å². The molecule has 3 aromatic carbocycles. The summed E-state index contributed by atoms with van der Waals surface area (Å²) >= 11 is 3.44. The van der Waals surface area contributed by atoms with Gasteiger partial charge in [-0.1, -0.05) is 46.3 Å². The summed E-state index contributed by atoms with van der Waals surface area (Å²) in [4.78, 5) is 0. The molecule has 31 heavy (non-hydrogen) atoms. The van der Waals surface area contributed by atoms with Crippen molar-refractivity contribution in [1.82, 2.24) is 0 Å². The van der Waals surface area contributed by atoms with Gasteiger partial charge in [0.1, 0.15) is 29.7 Å². The van der Waals surface area contributed by atoms with E-state index < -0.39 is 5.92 Å². The molecule has 2 N–H and O–H groups in total. The molecule has 0 amide bonds. The molecule has 2 aliphatic heterocycles. The Morgan fingerprint density at radius 3 is 2.52 bits per heavy atom. The van der Waals surface area contributed by atoms with E-state index in [9.17, 15) is 5.26 Å². The van der Waals surface area contributed by atoms with Crippen molar-refractivity contribution in [2.24, 2.45) is 5.73 Å². The number of benzene rings is 3. The number of nitriles is 1. The first-order valence-electron chi connectivity index (χ1n) is 9.61. The maximum Gasteiger partial charge on any atom is 0.231 e. The smallest absolute Gasteiger partial charge is 0.231 e. The van der Waals surface area contributed by atoms with E-state index in [1.54, 1.807) is 6.07 Å². The molecule has 7 heteroatoms. The van der Waals surface area contributed by atoms with Gasteiger partial charge < -0.3 is 24.7 Å². The van der Waals surface area contributed by atoms with Crippen LogP contribution in [0.25, 0.3) is 0 Å². The van der Waals surface area contributed by atoms with Crippen molar-refractivity contribution in [3.05, 3.63) is 93.3 Å². The molecule has 0 aliphatic carbocycles. The van der Waals surface area contributed by atoms with Gasteiger partial charge >= 0.3 is 0 Å². The van der Waals surface area contributed by atoms with Gasteiger partial charge in [-0.2, -0.15) is 5.26 Å². The fraction of sp³-hybridized carbons (Fsp3) is 0.125. The fourth-order valence-corrected chi connectivity index (χ4v) is 4.02. The van der Waals surface area contributed by atoms with Crippen molar-refractivity contribution in [2.45, 2.75) is 12.5 Å². The lowest BCUT2D eigenvalue weighted by Crippen LogP contribution is -2.21. The van der Waals surface area contributed by atoms with Crippen molar-refractivity contribution in [2.75, 3.05) is 6.79 Å². The number of nitrogens with zero attached hydrogens (tertiary/aromatic N) is 1. The van der Waals surface area contributed by atoms with Crippen molar-refractivity contribution in [1.29, 1.82) is 5.26 Å². The summed E-state index contributed by atoms with van der Waals surface area (Å²) in [5, 5.41) is 9.87. The van der Waals surface area contributed by atoms with Crippen molar-refractivity contribution in [3.8, 4) is 29.1 Å². The lowest BCUT2D eigenvalue weighted by Gasteiger charge is -2.28. The highest BCUT2D eigenvalue weighted by molar-refractivity contribution is 9.10. The molecule has 0 aromatic heterocycles. The number of allylic oxidation sites excluding steroid dienone is 1. The van der Waals surface area contributed by atoms with Gasteiger partial charge in [-0.3, -0.25) is 0 Å². The minimum absolute atomic E-state index is 0.0709. The normalized spacial score (nSPS) is 16.3. The number of fused-ring (bicyclic) bond motifs is 2. The molecule has 3 aromatic rings. The highest BCUT2D eigenvalue weighted by Crippen LogP contribution is 2.49.